The first kappa shape index (κ1) is 16.1. The Bertz CT molecular complexity index is 1080. The second-order valence-corrected chi connectivity index (χ2v) is 6.04. The molecule has 1 amide bonds. The maximum Gasteiger partial charge on any atom is 0.275 e. The van der Waals surface area contributed by atoms with Gasteiger partial charge in [0.25, 0.3) is 5.91 Å². The quantitative estimate of drug-likeness (QED) is 0.612. The first-order valence-electron chi connectivity index (χ1n) is 8.55. The van der Waals surface area contributed by atoms with Crippen LogP contribution < -0.4 is 5.32 Å². The van der Waals surface area contributed by atoms with Crippen LogP contribution in [0.3, 0.4) is 0 Å². The van der Waals surface area contributed by atoms with Crippen LogP contribution in [0.4, 0.5) is 5.82 Å². The van der Waals surface area contributed by atoms with E-state index in [4.69, 9.17) is 4.98 Å². The van der Waals surface area contributed by atoms with Gasteiger partial charge in [-0.2, -0.15) is 5.10 Å². The lowest BCUT2D eigenvalue weighted by atomic mass is 10.1. The minimum absolute atomic E-state index is 0.199. The first-order valence-corrected chi connectivity index (χ1v) is 8.55. The molecular weight excluding hydrogens is 326 g/mol. The molecule has 1 N–H and O–H groups in total. The average Bonchev–Trinajstić information content (AvgIpc) is 3.23. The Balaban J connectivity index is 1.81. The minimum atomic E-state index is -0.199. The summed E-state index contributed by atoms with van der Waals surface area (Å²) in [5.41, 5.74) is 3.83. The maximum atomic E-state index is 12.9. The number of fused-ring (bicyclic) bond motifs is 1. The highest BCUT2D eigenvalue weighted by Crippen LogP contribution is 2.29. The average molecular weight is 345 g/mol. The van der Waals surface area contributed by atoms with Crippen LogP contribution in [0.2, 0.25) is 0 Å². The number of nitrogens with one attached hydrogen (secondary N) is 1. The van der Waals surface area contributed by atoms with Crippen LogP contribution in [-0.4, -0.2) is 25.1 Å². The highest BCUT2D eigenvalue weighted by Gasteiger charge is 2.19. The summed E-state index contributed by atoms with van der Waals surface area (Å²) >= 11 is 0. The molecule has 6 heteroatoms. The summed E-state index contributed by atoms with van der Waals surface area (Å²) < 4.78 is 3.59. The van der Waals surface area contributed by atoms with Gasteiger partial charge in [-0.1, -0.05) is 36.4 Å². The van der Waals surface area contributed by atoms with E-state index >= 15 is 0 Å². The van der Waals surface area contributed by atoms with E-state index in [1.54, 1.807) is 10.7 Å². The number of imidazole rings is 1. The molecule has 0 aliphatic heterocycles. The fourth-order valence-electron chi connectivity index (χ4n) is 3.05. The first-order chi connectivity index (χ1) is 12.7. The van der Waals surface area contributed by atoms with Crippen molar-refractivity contribution in [2.24, 2.45) is 0 Å². The van der Waals surface area contributed by atoms with Crippen molar-refractivity contribution >= 4 is 17.4 Å². The molecule has 3 aromatic heterocycles. The zero-order valence-corrected chi connectivity index (χ0v) is 14.7. The van der Waals surface area contributed by atoms with Gasteiger partial charge in [0.1, 0.15) is 22.9 Å². The van der Waals surface area contributed by atoms with E-state index in [0.717, 1.165) is 22.6 Å². The molecule has 4 aromatic rings. The molecule has 26 heavy (non-hydrogen) atoms. The molecule has 4 rings (SSSR count). The van der Waals surface area contributed by atoms with Crippen molar-refractivity contribution in [3.8, 4) is 11.3 Å². The molecule has 0 saturated heterocycles. The Morgan fingerprint density at radius 3 is 2.65 bits per heavy atom. The van der Waals surface area contributed by atoms with Crippen molar-refractivity contribution in [3.05, 3.63) is 72.2 Å². The summed E-state index contributed by atoms with van der Waals surface area (Å²) in [5, 5.41) is 7.39. The Labute approximate surface area is 151 Å². The van der Waals surface area contributed by atoms with E-state index in [0.29, 0.717) is 18.1 Å². The van der Waals surface area contributed by atoms with E-state index in [1.807, 2.05) is 73.0 Å². The van der Waals surface area contributed by atoms with Crippen LogP contribution in [-0.2, 0) is 6.54 Å². The fraction of sp³-hybridized carbons (Fsp3) is 0.150. The third-order valence-electron chi connectivity index (χ3n) is 4.24. The van der Waals surface area contributed by atoms with E-state index in [2.05, 4.69) is 10.4 Å². The molecular formula is C20H19N5O. The molecule has 0 bridgehead atoms. The number of benzene rings is 1. The van der Waals surface area contributed by atoms with Crippen LogP contribution >= 0.6 is 0 Å². The topological polar surface area (TPSA) is 64.2 Å². The molecule has 6 nitrogen and oxygen atoms in total. The summed E-state index contributed by atoms with van der Waals surface area (Å²) in [6.07, 6.45) is 1.90. The lowest BCUT2D eigenvalue weighted by Crippen LogP contribution is -2.18. The largest absolute Gasteiger partial charge is 0.304 e. The van der Waals surface area contributed by atoms with Crippen molar-refractivity contribution in [1.29, 1.82) is 0 Å². The van der Waals surface area contributed by atoms with Crippen LogP contribution in [0.5, 0.6) is 0 Å². The number of carbonyl (C=O) groups excluding carboxylic acids is 1. The summed E-state index contributed by atoms with van der Waals surface area (Å²) in [6.45, 7) is 4.48. The number of hydrogen-bond acceptors (Lipinski definition) is 3. The van der Waals surface area contributed by atoms with Crippen molar-refractivity contribution < 1.29 is 4.79 Å². The Hall–Kier alpha value is -3.41. The number of carbonyl (C=O) groups is 1. The summed E-state index contributed by atoms with van der Waals surface area (Å²) in [6, 6.07) is 17.4. The lowest BCUT2D eigenvalue weighted by Gasteiger charge is -2.09. The van der Waals surface area contributed by atoms with Gasteiger partial charge in [0.15, 0.2) is 0 Å². The molecule has 0 unspecified atom stereocenters. The fourth-order valence-corrected chi connectivity index (χ4v) is 3.05. The minimum Gasteiger partial charge on any atom is -0.304 e. The van der Waals surface area contributed by atoms with Gasteiger partial charge in [0, 0.05) is 18.3 Å². The van der Waals surface area contributed by atoms with Gasteiger partial charge in [-0.05, 0) is 32.0 Å². The van der Waals surface area contributed by atoms with Gasteiger partial charge in [-0.25, -0.2) is 4.98 Å². The molecule has 0 spiro atoms. The molecule has 1 aromatic carbocycles. The van der Waals surface area contributed by atoms with Crippen molar-refractivity contribution in [1.82, 2.24) is 19.2 Å². The van der Waals surface area contributed by atoms with Crippen LogP contribution in [0.1, 0.15) is 23.1 Å². The standard InChI is InChI=1S/C20H19N5O/c1-3-25-16(13-14(2)23-25)20(26)22-19-18(15-9-5-4-6-10-15)21-17-11-7-8-12-24(17)19/h4-13H,3H2,1-2H3,(H,22,26). The van der Waals surface area contributed by atoms with Gasteiger partial charge in [-0.3, -0.25) is 13.9 Å². The van der Waals surface area contributed by atoms with Crippen LogP contribution in [0.25, 0.3) is 16.9 Å². The van der Waals surface area contributed by atoms with E-state index in [1.165, 1.54) is 0 Å². The van der Waals surface area contributed by atoms with E-state index in [9.17, 15) is 4.79 Å². The zero-order chi connectivity index (χ0) is 18.1. The van der Waals surface area contributed by atoms with Crippen molar-refractivity contribution in [3.63, 3.8) is 0 Å². The predicted molar refractivity (Wildman–Crippen MR) is 101 cm³/mol. The van der Waals surface area contributed by atoms with Gasteiger partial charge in [0.05, 0.1) is 5.69 Å². The lowest BCUT2D eigenvalue weighted by molar-refractivity contribution is 0.101. The summed E-state index contributed by atoms with van der Waals surface area (Å²) in [7, 11) is 0. The normalized spacial score (nSPS) is 11.0. The summed E-state index contributed by atoms with van der Waals surface area (Å²) in [5.74, 6) is 0.452. The third-order valence-corrected chi connectivity index (χ3v) is 4.24. The molecule has 0 fully saturated rings. The smallest absolute Gasteiger partial charge is 0.275 e. The molecule has 0 radical (unpaired) electrons. The number of nitrogens with zero attached hydrogens (tertiary/aromatic N) is 4. The molecule has 130 valence electrons. The molecule has 0 aliphatic rings. The number of anilines is 1. The predicted octanol–water partition coefficient (Wildman–Crippen LogP) is 3.78. The van der Waals surface area contributed by atoms with Gasteiger partial charge in [0.2, 0.25) is 0 Å². The Kier molecular flexibility index (Phi) is 4.01. The van der Waals surface area contributed by atoms with Crippen LogP contribution in [0.15, 0.2) is 60.8 Å². The van der Waals surface area contributed by atoms with Crippen LogP contribution in [0, 0.1) is 6.92 Å². The third kappa shape index (κ3) is 2.75. The van der Waals surface area contributed by atoms with Gasteiger partial charge in [-0.15, -0.1) is 0 Å². The second-order valence-electron chi connectivity index (χ2n) is 6.04. The van der Waals surface area contributed by atoms with E-state index < -0.39 is 0 Å². The van der Waals surface area contributed by atoms with Crippen molar-refractivity contribution in [2.45, 2.75) is 20.4 Å². The molecule has 3 heterocycles. The number of hydrogen-bond donors (Lipinski definition) is 1. The maximum absolute atomic E-state index is 12.9. The number of amides is 1. The van der Waals surface area contributed by atoms with Crippen molar-refractivity contribution in [2.75, 3.05) is 5.32 Å². The van der Waals surface area contributed by atoms with Gasteiger partial charge >= 0.3 is 0 Å². The highest BCUT2D eigenvalue weighted by atomic mass is 16.2. The highest BCUT2D eigenvalue weighted by molar-refractivity contribution is 6.04. The SMILES string of the molecule is CCn1nc(C)cc1C(=O)Nc1c(-c2ccccc2)nc2ccccn12. The molecule has 0 saturated carbocycles. The zero-order valence-electron chi connectivity index (χ0n) is 14.7. The molecule has 0 atom stereocenters. The summed E-state index contributed by atoms with van der Waals surface area (Å²) in [4.78, 5) is 17.6. The number of aromatic nitrogens is 4. The van der Waals surface area contributed by atoms with Gasteiger partial charge < -0.3 is 5.32 Å². The monoisotopic (exact) mass is 345 g/mol. The second kappa shape index (κ2) is 6.48. The number of pyridine rings is 1. The number of rotatable bonds is 4. The molecule has 0 aliphatic carbocycles. The Morgan fingerprint density at radius 2 is 1.88 bits per heavy atom. The number of aryl methyl sites for hydroxylation is 2. The Morgan fingerprint density at radius 1 is 1.12 bits per heavy atom. The van der Waals surface area contributed by atoms with E-state index in [-0.39, 0.29) is 5.91 Å².